The van der Waals surface area contributed by atoms with E-state index >= 15 is 0 Å². The second-order valence-electron chi connectivity index (χ2n) is 8.14. The number of aromatic nitrogens is 1. The van der Waals surface area contributed by atoms with Crippen molar-refractivity contribution in [3.63, 3.8) is 0 Å². The largest absolute Gasteiger partial charge is 0.479 e. The molecular formula is C26H28N2O4S. The summed E-state index contributed by atoms with van der Waals surface area (Å²) in [4.78, 5) is 31.9. The van der Waals surface area contributed by atoms with Gasteiger partial charge in [0.25, 0.3) is 5.91 Å². The van der Waals surface area contributed by atoms with Gasteiger partial charge in [-0.1, -0.05) is 43.7 Å². The normalized spacial score (nSPS) is 16.2. The molecule has 2 atom stereocenters. The Morgan fingerprint density at radius 1 is 1.24 bits per heavy atom. The highest BCUT2D eigenvalue weighted by molar-refractivity contribution is 7.10. The molecule has 1 aliphatic rings. The van der Waals surface area contributed by atoms with Crippen molar-refractivity contribution in [3.05, 3.63) is 64.5 Å². The first-order valence-corrected chi connectivity index (χ1v) is 12.1. The van der Waals surface area contributed by atoms with Crippen LogP contribution in [0.2, 0.25) is 0 Å². The quantitative estimate of drug-likeness (QED) is 0.337. The van der Waals surface area contributed by atoms with Gasteiger partial charge in [-0.25, -0.2) is 9.78 Å². The van der Waals surface area contributed by atoms with E-state index in [-0.39, 0.29) is 5.91 Å². The molecule has 4 rings (SSSR count). The van der Waals surface area contributed by atoms with Gasteiger partial charge in [0.15, 0.2) is 6.10 Å². The van der Waals surface area contributed by atoms with Crippen LogP contribution in [0.1, 0.15) is 44.2 Å². The maximum absolute atomic E-state index is 13.0. The average molecular weight is 465 g/mol. The van der Waals surface area contributed by atoms with Crippen LogP contribution in [-0.2, 0) is 20.7 Å². The van der Waals surface area contributed by atoms with Gasteiger partial charge in [-0.15, -0.1) is 11.3 Å². The predicted octanol–water partition coefficient (Wildman–Crippen LogP) is 5.25. The Morgan fingerprint density at radius 3 is 2.79 bits per heavy atom. The van der Waals surface area contributed by atoms with Crippen LogP contribution in [0, 0.1) is 0 Å². The summed E-state index contributed by atoms with van der Waals surface area (Å²) in [6.07, 6.45) is 1.82. The zero-order valence-electron chi connectivity index (χ0n) is 19.1. The van der Waals surface area contributed by atoms with E-state index in [0.717, 1.165) is 35.5 Å². The predicted molar refractivity (Wildman–Crippen MR) is 130 cm³/mol. The van der Waals surface area contributed by atoms with E-state index in [2.05, 4.69) is 12.1 Å². The Hall–Kier alpha value is -3.19. The van der Waals surface area contributed by atoms with Gasteiger partial charge in [0.05, 0.1) is 23.0 Å². The number of benzene rings is 2. The molecule has 0 spiro atoms. The van der Waals surface area contributed by atoms with Crippen molar-refractivity contribution >= 4 is 28.9 Å². The smallest absolute Gasteiger partial charge is 0.328 e. The molecule has 0 radical (unpaired) electrons. The van der Waals surface area contributed by atoms with Crippen LogP contribution in [0.5, 0.6) is 5.75 Å². The molecule has 0 saturated carbocycles. The highest BCUT2D eigenvalue weighted by atomic mass is 32.1. The van der Waals surface area contributed by atoms with Crippen LogP contribution >= 0.6 is 11.3 Å². The number of unbranched alkanes of at least 4 members (excludes halogenated alkanes) is 1. The van der Waals surface area contributed by atoms with E-state index in [1.54, 1.807) is 25.2 Å². The Kier molecular flexibility index (Phi) is 7.08. The third-order valence-corrected chi connectivity index (χ3v) is 6.47. The number of rotatable bonds is 8. The number of ether oxygens (including phenoxy) is 2. The lowest BCUT2D eigenvalue weighted by Crippen LogP contribution is -2.52. The lowest BCUT2D eigenvalue weighted by atomic mass is 10.1. The maximum atomic E-state index is 13.0. The molecule has 0 saturated heterocycles. The van der Waals surface area contributed by atoms with Crippen LogP contribution < -0.4 is 9.64 Å². The molecule has 3 aromatic rings. The van der Waals surface area contributed by atoms with Crippen molar-refractivity contribution in [1.29, 1.82) is 0 Å². The summed E-state index contributed by atoms with van der Waals surface area (Å²) in [5, 5.41) is 3.03. The van der Waals surface area contributed by atoms with Crippen molar-refractivity contribution in [2.45, 2.75) is 52.2 Å². The number of fused-ring (bicyclic) bond motifs is 1. The molecule has 1 amide bonds. The van der Waals surface area contributed by atoms with Gasteiger partial charge < -0.3 is 9.47 Å². The summed E-state index contributed by atoms with van der Waals surface area (Å²) < 4.78 is 11.2. The van der Waals surface area contributed by atoms with Gasteiger partial charge >= 0.3 is 5.97 Å². The standard InChI is InChI=1S/C26H28N2O4S/c1-4-5-13-31-26(30)17(2)28-22-15-20(11-12-23(22)32-18(3)25(28)29)21-16-33-24(27-21)14-19-9-7-6-8-10-19/h6-12,15-18H,4-5,13-14H2,1-3H3. The second kappa shape index (κ2) is 10.2. The summed E-state index contributed by atoms with van der Waals surface area (Å²) >= 11 is 1.60. The number of nitrogens with zero attached hydrogens (tertiary/aromatic N) is 2. The molecular weight excluding hydrogens is 436 g/mol. The van der Waals surface area contributed by atoms with Crippen molar-refractivity contribution in [2.24, 2.45) is 0 Å². The van der Waals surface area contributed by atoms with Gasteiger partial charge in [0.2, 0.25) is 0 Å². The monoisotopic (exact) mass is 464 g/mol. The van der Waals surface area contributed by atoms with E-state index in [4.69, 9.17) is 14.5 Å². The van der Waals surface area contributed by atoms with Gasteiger partial charge in [-0.2, -0.15) is 0 Å². The number of carbonyl (C=O) groups excluding carboxylic acids is 2. The van der Waals surface area contributed by atoms with Crippen molar-refractivity contribution in [3.8, 4) is 17.0 Å². The summed E-state index contributed by atoms with van der Waals surface area (Å²) in [6.45, 7) is 5.77. The SMILES string of the molecule is CCCCOC(=O)C(C)N1C(=O)C(C)Oc2ccc(-c3csc(Cc4ccccc4)n3)cc21. The number of esters is 1. The molecule has 0 fully saturated rings. The Labute approximate surface area is 198 Å². The fraction of sp³-hybridized carbons (Fsp3) is 0.346. The highest BCUT2D eigenvalue weighted by Gasteiger charge is 2.38. The first-order valence-electron chi connectivity index (χ1n) is 11.3. The molecule has 7 heteroatoms. The molecule has 2 aromatic carbocycles. The van der Waals surface area contributed by atoms with E-state index in [9.17, 15) is 9.59 Å². The van der Waals surface area contributed by atoms with Crippen LogP contribution in [0.4, 0.5) is 5.69 Å². The minimum absolute atomic E-state index is 0.261. The Bertz CT molecular complexity index is 1130. The molecule has 2 heterocycles. The molecule has 1 aromatic heterocycles. The fourth-order valence-corrected chi connectivity index (χ4v) is 4.60. The van der Waals surface area contributed by atoms with E-state index in [1.165, 1.54) is 10.5 Å². The van der Waals surface area contributed by atoms with Crippen LogP contribution in [0.15, 0.2) is 53.9 Å². The molecule has 6 nitrogen and oxygen atoms in total. The minimum Gasteiger partial charge on any atom is -0.479 e. The number of amides is 1. The number of hydrogen-bond acceptors (Lipinski definition) is 6. The van der Waals surface area contributed by atoms with Crippen molar-refractivity contribution < 1.29 is 19.1 Å². The summed E-state index contributed by atoms with van der Waals surface area (Å²) in [7, 11) is 0. The average Bonchev–Trinajstić information content (AvgIpc) is 3.28. The highest BCUT2D eigenvalue weighted by Crippen LogP contribution is 2.39. The molecule has 2 unspecified atom stereocenters. The summed E-state index contributed by atoms with van der Waals surface area (Å²) in [5.74, 6) is -0.109. The third-order valence-electron chi connectivity index (χ3n) is 5.62. The molecule has 0 N–H and O–H groups in total. The first kappa shape index (κ1) is 23.0. The van der Waals surface area contributed by atoms with Gasteiger partial charge in [-0.05, 0) is 44.0 Å². The van der Waals surface area contributed by atoms with E-state index < -0.39 is 18.1 Å². The molecule has 0 aliphatic carbocycles. The maximum Gasteiger partial charge on any atom is 0.328 e. The molecule has 1 aliphatic heterocycles. The lowest BCUT2D eigenvalue weighted by Gasteiger charge is -2.36. The second-order valence-corrected chi connectivity index (χ2v) is 9.08. The van der Waals surface area contributed by atoms with Gasteiger partial charge in [-0.3, -0.25) is 9.69 Å². The van der Waals surface area contributed by atoms with Crippen LogP contribution in [0.3, 0.4) is 0 Å². The van der Waals surface area contributed by atoms with Crippen LogP contribution in [0.25, 0.3) is 11.3 Å². The first-order chi connectivity index (χ1) is 16.0. The van der Waals surface area contributed by atoms with E-state index in [0.29, 0.717) is 18.0 Å². The fourth-order valence-electron chi connectivity index (χ4n) is 3.76. The lowest BCUT2D eigenvalue weighted by molar-refractivity contribution is -0.146. The summed E-state index contributed by atoms with van der Waals surface area (Å²) in [5.41, 5.74) is 3.47. The van der Waals surface area contributed by atoms with Crippen molar-refractivity contribution in [1.82, 2.24) is 4.98 Å². The van der Waals surface area contributed by atoms with Gasteiger partial charge in [0.1, 0.15) is 11.8 Å². The van der Waals surface area contributed by atoms with Gasteiger partial charge in [0, 0.05) is 17.4 Å². The topological polar surface area (TPSA) is 68.7 Å². The Balaban J connectivity index is 1.60. The van der Waals surface area contributed by atoms with Crippen molar-refractivity contribution in [2.75, 3.05) is 11.5 Å². The third kappa shape index (κ3) is 5.09. The minimum atomic E-state index is -0.751. The number of hydrogen-bond donors (Lipinski definition) is 0. The summed E-state index contributed by atoms with van der Waals surface area (Å²) in [6, 6.07) is 15.1. The number of anilines is 1. The molecule has 0 bridgehead atoms. The van der Waals surface area contributed by atoms with Crippen LogP contribution in [-0.4, -0.2) is 35.6 Å². The number of thiazole rings is 1. The number of carbonyl (C=O) groups is 2. The van der Waals surface area contributed by atoms with E-state index in [1.807, 2.05) is 48.7 Å². The molecule has 33 heavy (non-hydrogen) atoms. The zero-order chi connectivity index (χ0) is 23.4. The molecule has 172 valence electrons. The Morgan fingerprint density at radius 2 is 2.03 bits per heavy atom. The zero-order valence-corrected chi connectivity index (χ0v) is 19.9.